The summed E-state index contributed by atoms with van der Waals surface area (Å²) >= 11 is 1.54. The molecular formula is C18H20BN3O2S. The fourth-order valence-corrected chi connectivity index (χ4v) is 3.55. The van der Waals surface area contributed by atoms with Gasteiger partial charge in [-0.05, 0) is 29.9 Å². The highest BCUT2D eigenvalue weighted by atomic mass is 32.1. The summed E-state index contributed by atoms with van der Waals surface area (Å²) in [5.41, 5.74) is 2.97. The molecule has 0 aliphatic rings. The summed E-state index contributed by atoms with van der Waals surface area (Å²) in [4.78, 5) is 17.6. The van der Waals surface area contributed by atoms with Gasteiger partial charge in [0.25, 0.3) is 5.91 Å². The fraction of sp³-hybridized carbons (Fsp3) is 0.333. The highest BCUT2D eigenvalue weighted by molar-refractivity contribution is 7.08. The molecule has 0 saturated carbocycles. The molecule has 3 aromatic heterocycles. The maximum absolute atomic E-state index is 13.0. The van der Waals surface area contributed by atoms with Gasteiger partial charge in [0.1, 0.15) is 24.9 Å². The van der Waals surface area contributed by atoms with Crippen molar-refractivity contribution in [1.82, 2.24) is 14.7 Å². The minimum absolute atomic E-state index is 0.101. The Morgan fingerprint density at radius 2 is 2.24 bits per heavy atom. The topological polar surface area (TPSA) is 66.6 Å². The first-order chi connectivity index (χ1) is 12.0. The van der Waals surface area contributed by atoms with Crippen molar-refractivity contribution in [3.8, 4) is 11.3 Å². The summed E-state index contributed by atoms with van der Waals surface area (Å²) < 4.78 is 1.71. The minimum Gasteiger partial charge on any atom is -0.394 e. The molecule has 0 fully saturated rings. The van der Waals surface area contributed by atoms with Gasteiger partial charge in [0.15, 0.2) is 0 Å². The number of fused-ring (bicyclic) bond motifs is 1. The summed E-state index contributed by atoms with van der Waals surface area (Å²) in [6.45, 7) is 4.01. The Bertz CT molecular complexity index is 874. The van der Waals surface area contributed by atoms with Crippen LogP contribution in [0.5, 0.6) is 0 Å². The summed E-state index contributed by atoms with van der Waals surface area (Å²) in [6.07, 6.45) is 2.48. The van der Waals surface area contributed by atoms with E-state index in [2.05, 4.69) is 24.1 Å². The quantitative estimate of drug-likeness (QED) is 0.666. The Kier molecular flexibility index (Phi) is 5.25. The molecule has 0 aliphatic carbocycles. The smallest absolute Gasteiger partial charge is 0.270 e. The molecule has 2 radical (unpaired) electrons. The zero-order chi connectivity index (χ0) is 18.0. The van der Waals surface area contributed by atoms with Gasteiger partial charge in [0.05, 0.1) is 12.6 Å². The molecule has 0 spiro atoms. The zero-order valence-electron chi connectivity index (χ0n) is 14.3. The number of carbonyl (C=O) groups excluding carboxylic acids is 1. The van der Waals surface area contributed by atoms with Crippen molar-refractivity contribution in [2.75, 3.05) is 6.61 Å². The molecule has 25 heavy (non-hydrogen) atoms. The summed E-state index contributed by atoms with van der Waals surface area (Å²) in [6, 6.07) is 5.18. The van der Waals surface area contributed by atoms with Crippen LogP contribution >= 0.6 is 11.3 Å². The van der Waals surface area contributed by atoms with Crippen LogP contribution in [-0.4, -0.2) is 40.9 Å². The van der Waals surface area contributed by atoms with Gasteiger partial charge in [-0.15, -0.1) is 0 Å². The lowest BCUT2D eigenvalue weighted by Gasteiger charge is -2.18. The lowest BCUT2D eigenvalue weighted by Crippen LogP contribution is -2.39. The first-order valence-corrected chi connectivity index (χ1v) is 9.16. The third kappa shape index (κ3) is 3.62. The summed E-state index contributed by atoms with van der Waals surface area (Å²) in [7, 11) is 6.03. The van der Waals surface area contributed by atoms with E-state index in [9.17, 15) is 9.90 Å². The molecule has 7 heteroatoms. The van der Waals surface area contributed by atoms with E-state index >= 15 is 0 Å². The summed E-state index contributed by atoms with van der Waals surface area (Å²) in [5.74, 6) is 0.102. The second-order valence-corrected chi connectivity index (χ2v) is 7.24. The lowest BCUT2D eigenvalue weighted by molar-refractivity contribution is 0.0903. The van der Waals surface area contributed by atoms with E-state index < -0.39 is 0 Å². The predicted molar refractivity (Wildman–Crippen MR) is 102 cm³/mol. The Hall–Kier alpha value is -2.12. The van der Waals surface area contributed by atoms with Gasteiger partial charge in [0.2, 0.25) is 0 Å². The second-order valence-electron chi connectivity index (χ2n) is 6.46. The van der Waals surface area contributed by atoms with E-state index in [1.807, 2.05) is 16.8 Å². The molecule has 1 amide bonds. The molecule has 0 saturated heterocycles. The summed E-state index contributed by atoms with van der Waals surface area (Å²) in [5, 5.41) is 16.4. The molecule has 5 nitrogen and oxygen atoms in total. The number of aliphatic hydroxyl groups is 1. The van der Waals surface area contributed by atoms with Crippen LogP contribution in [0, 0.1) is 5.92 Å². The number of imidazole rings is 1. The number of aromatic nitrogens is 2. The number of amides is 1. The average molecular weight is 353 g/mol. The number of hydrogen-bond acceptors (Lipinski definition) is 4. The van der Waals surface area contributed by atoms with Crippen molar-refractivity contribution in [2.24, 2.45) is 5.92 Å². The van der Waals surface area contributed by atoms with E-state index in [-0.39, 0.29) is 18.6 Å². The minimum atomic E-state index is -0.297. The third-order valence-corrected chi connectivity index (χ3v) is 4.68. The molecule has 0 unspecified atom stereocenters. The standard InChI is InChI=1S/C18H20BN3O2S/c1-11(2)8-13(9-23)20-18(24)16-15(12-5-7-25-10-12)21-17-14(19)4-3-6-22(16)17/h3-7,10-11,13,23H,8-9H2,1-2H3,(H,20,24)/t13-/m0/s1. The van der Waals surface area contributed by atoms with Crippen LogP contribution in [0.1, 0.15) is 30.8 Å². The van der Waals surface area contributed by atoms with Crippen LogP contribution in [0.3, 0.4) is 0 Å². The van der Waals surface area contributed by atoms with Crippen molar-refractivity contribution in [3.05, 3.63) is 40.8 Å². The van der Waals surface area contributed by atoms with Crippen molar-refractivity contribution < 1.29 is 9.90 Å². The molecule has 1 atom stereocenters. The number of nitrogens with zero attached hydrogens (tertiary/aromatic N) is 2. The largest absolute Gasteiger partial charge is 0.394 e. The molecular weight excluding hydrogens is 333 g/mol. The normalized spacial score (nSPS) is 12.6. The van der Waals surface area contributed by atoms with Crippen LogP contribution < -0.4 is 10.8 Å². The molecule has 3 aromatic rings. The lowest BCUT2D eigenvalue weighted by atomic mass is 9.98. The SMILES string of the molecule is [B]c1cccn2c(C(=O)N[C@H](CO)CC(C)C)c(-c3ccsc3)nc12. The van der Waals surface area contributed by atoms with Crippen molar-refractivity contribution >= 4 is 36.2 Å². The van der Waals surface area contributed by atoms with E-state index in [1.54, 1.807) is 34.1 Å². The van der Waals surface area contributed by atoms with Crippen LogP contribution in [-0.2, 0) is 0 Å². The van der Waals surface area contributed by atoms with Gasteiger partial charge in [0, 0.05) is 17.1 Å². The number of nitrogens with one attached hydrogen (secondary N) is 1. The molecule has 3 heterocycles. The van der Waals surface area contributed by atoms with E-state index in [4.69, 9.17) is 7.85 Å². The number of pyridine rings is 1. The second kappa shape index (κ2) is 7.41. The van der Waals surface area contributed by atoms with Crippen LogP contribution in [0.2, 0.25) is 0 Å². The van der Waals surface area contributed by atoms with E-state index in [0.29, 0.717) is 34.8 Å². The van der Waals surface area contributed by atoms with Crippen LogP contribution in [0.25, 0.3) is 16.9 Å². The zero-order valence-corrected chi connectivity index (χ0v) is 15.1. The van der Waals surface area contributed by atoms with Gasteiger partial charge in [-0.2, -0.15) is 11.3 Å². The number of thiophene rings is 1. The van der Waals surface area contributed by atoms with Gasteiger partial charge >= 0.3 is 0 Å². The monoisotopic (exact) mass is 353 g/mol. The Balaban J connectivity index is 2.06. The first kappa shape index (κ1) is 17.7. The molecule has 3 rings (SSSR count). The van der Waals surface area contributed by atoms with Crippen molar-refractivity contribution in [1.29, 1.82) is 0 Å². The highest BCUT2D eigenvalue weighted by Crippen LogP contribution is 2.26. The van der Waals surface area contributed by atoms with Crippen molar-refractivity contribution in [2.45, 2.75) is 26.3 Å². The first-order valence-electron chi connectivity index (χ1n) is 8.22. The average Bonchev–Trinajstić information content (AvgIpc) is 3.21. The van der Waals surface area contributed by atoms with E-state index in [1.165, 1.54) is 0 Å². The molecule has 0 aromatic carbocycles. The maximum atomic E-state index is 13.0. The predicted octanol–water partition coefficient (Wildman–Crippen LogP) is 1.99. The van der Waals surface area contributed by atoms with Crippen LogP contribution in [0.4, 0.5) is 0 Å². The Morgan fingerprint density at radius 1 is 1.44 bits per heavy atom. The molecule has 128 valence electrons. The van der Waals surface area contributed by atoms with Crippen LogP contribution in [0.15, 0.2) is 35.2 Å². The highest BCUT2D eigenvalue weighted by Gasteiger charge is 2.23. The Morgan fingerprint density at radius 3 is 2.88 bits per heavy atom. The maximum Gasteiger partial charge on any atom is 0.270 e. The molecule has 0 aliphatic heterocycles. The number of rotatable bonds is 6. The van der Waals surface area contributed by atoms with Crippen molar-refractivity contribution in [3.63, 3.8) is 0 Å². The van der Waals surface area contributed by atoms with Gasteiger partial charge in [-0.3, -0.25) is 9.20 Å². The molecule has 0 bridgehead atoms. The Labute approximate surface area is 152 Å². The van der Waals surface area contributed by atoms with E-state index in [0.717, 1.165) is 5.56 Å². The van der Waals surface area contributed by atoms with Gasteiger partial charge in [-0.1, -0.05) is 25.4 Å². The van der Waals surface area contributed by atoms with Gasteiger partial charge in [-0.25, -0.2) is 4.98 Å². The number of carbonyl (C=O) groups is 1. The fourth-order valence-electron chi connectivity index (χ4n) is 2.91. The number of hydrogen-bond donors (Lipinski definition) is 2. The number of aliphatic hydroxyl groups excluding tert-OH is 1. The molecule has 2 N–H and O–H groups in total. The van der Waals surface area contributed by atoms with Gasteiger partial charge < -0.3 is 10.4 Å². The third-order valence-electron chi connectivity index (χ3n) is 4.00.